The molecular formula is C22H18FN5O2. The number of hydrogen-bond acceptors (Lipinski definition) is 5. The molecule has 0 atom stereocenters. The first kappa shape index (κ1) is 19.3. The Kier molecular flexibility index (Phi) is 5.21. The fourth-order valence-corrected chi connectivity index (χ4v) is 3.41. The van der Waals surface area contributed by atoms with Crippen LogP contribution in [0.25, 0.3) is 10.9 Å². The van der Waals surface area contributed by atoms with Crippen LogP contribution in [0.4, 0.5) is 15.9 Å². The van der Waals surface area contributed by atoms with Gasteiger partial charge in [-0.25, -0.2) is 9.37 Å². The Morgan fingerprint density at radius 1 is 1.17 bits per heavy atom. The molecule has 2 aromatic heterocycles. The number of pyridine rings is 1. The first-order valence-corrected chi connectivity index (χ1v) is 9.26. The van der Waals surface area contributed by atoms with Crippen molar-refractivity contribution in [2.24, 2.45) is 5.10 Å². The van der Waals surface area contributed by atoms with Crippen LogP contribution in [-0.4, -0.2) is 20.7 Å². The second-order valence-corrected chi connectivity index (χ2v) is 6.69. The molecule has 4 aromatic rings. The van der Waals surface area contributed by atoms with Crippen molar-refractivity contribution in [2.75, 3.05) is 5.43 Å². The van der Waals surface area contributed by atoms with Gasteiger partial charge in [-0.3, -0.25) is 15.5 Å². The molecule has 0 fully saturated rings. The summed E-state index contributed by atoms with van der Waals surface area (Å²) in [6, 6.07) is 17.3. The fourth-order valence-electron chi connectivity index (χ4n) is 3.41. The molecule has 0 saturated heterocycles. The number of rotatable bonds is 6. The van der Waals surface area contributed by atoms with Crippen LogP contribution in [0, 0.1) is 22.9 Å². The number of hydrazone groups is 1. The highest BCUT2D eigenvalue weighted by atomic mass is 19.1. The third-order valence-corrected chi connectivity index (χ3v) is 4.91. The number of nitrogens with zero attached hydrogens (tertiary/aromatic N) is 4. The van der Waals surface area contributed by atoms with Gasteiger partial charge in [0.2, 0.25) is 5.82 Å². The number of anilines is 1. The molecule has 30 heavy (non-hydrogen) atoms. The molecule has 2 aromatic carbocycles. The minimum absolute atomic E-state index is 0.0616. The lowest BCUT2D eigenvalue weighted by Gasteiger charge is -2.09. The van der Waals surface area contributed by atoms with E-state index in [9.17, 15) is 14.5 Å². The quantitative estimate of drug-likeness (QED) is 0.282. The molecule has 0 radical (unpaired) electrons. The van der Waals surface area contributed by atoms with Crippen LogP contribution >= 0.6 is 0 Å². The average Bonchev–Trinajstić information content (AvgIpc) is 3.01. The number of benzene rings is 2. The second-order valence-electron chi connectivity index (χ2n) is 6.69. The van der Waals surface area contributed by atoms with Crippen molar-refractivity contribution in [2.45, 2.75) is 13.5 Å². The number of fused-ring (bicyclic) bond motifs is 1. The monoisotopic (exact) mass is 403 g/mol. The van der Waals surface area contributed by atoms with Crippen molar-refractivity contribution in [1.29, 1.82) is 0 Å². The number of halogens is 1. The second kappa shape index (κ2) is 8.12. The van der Waals surface area contributed by atoms with Gasteiger partial charge in [0, 0.05) is 40.0 Å². The van der Waals surface area contributed by atoms with E-state index in [1.165, 1.54) is 24.4 Å². The summed E-state index contributed by atoms with van der Waals surface area (Å²) >= 11 is 0. The van der Waals surface area contributed by atoms with Crippen LogP contribution in [0.5, 0.6) is 0 Å². The van der Waals surface area contributed by atoms with Gasteiger partial charge >= 0.3 is 5.69 Å². The summed E-state index contributed by atoms with van der Waals surface area (Å²) in [6.45, 7) is 2.32. The molecule has 0 aliphatic heterocycles. The van der Waals surface area contributed by atoms with Gasteiger partial charge in [0.25, 0.3) is 0 Å². The molecule has 2 heterocycles. The fraction of sp³-hybridized carbons (Fsp3) is 0.0909. The highest BCUT2D eigenvalue weighted by Crippen LogP contribution is 2.26. The molecule has 0 spiro atoms. The van der Waals surface area contributed by atoms with Crippen LogP contribution in [0.3, 0.4) is 0 Å². The predicted octanol–water partition coefficient (Wildman–Crippen LogP) is 4.89. The number of nitro groups is 1. The average molecular weight is 403 g/mol. The summed E-state index contributed by atoms with van der Waals surface area (Å²) < 4.78 is 16.2. The Morgan fingerprint density at radius 3 is 2.73 bits per heavy atom. The molecule has 0 amide bonds. The van der Waals surface area contributed by atoms with E-state index in [-0.39, 0.29) is 17.3 Å². The van der Waals surface area contributed by atoms with Gasteiger partial charge < -0.3 is 4.57 Å². The largest absolute Gasteiger partial charge is 0.340 e. The molecule has 0 bridgehead atoms. The summed E-state index contributed by atoms with van der Waals surface area (Å²) in [6.07, 6.45) is 3.06. The van der Waals surface area contributed by atoms with E-state index in [2.05, 4.69) is 15.5 Å². The highest BCUT2D eigenvalue weighted by molar-refractivity contribution is 6.01. The first-order chi connectivity index (χ1) is 14.6. The van der Waals surface area contributed by atoms with E-state index < -0.39 is 4.92 Å². The van der Waals surface area contributed by atoms with Crippen molar-refractivity contribution in [3.05, 3.63) is 99.6 Å². The number of para-hydroxylation sites is 1. The zero-order valence-corrected chi connectivity index (χ0v) is 16.1. The SMILES string of the molecule is Cc1c(/C=N\Nc2ncccc2[N+](=O)[O-])c2ccccc2n1Cc1ccccc1F. The van der Waals surface area contributed by atoms with Crippen LogP contribution in [0.1, 0.15) is 16.8 Å². The first-order valence-electron chi connectivity index (χ1n) is 9.26. The van der Waals surface area contributed by atoms with Gasteiger partial charge in [0.05, 0.1) is 17.7 Å². The topological polar surface area (TPSA) is 85.3 Å². The maximum absolute atomic E-state index is 14.2. The van der Waals surface area contributed by atoms with Gasteiger partial charge in [0.1, 0.15) is 5.82 Å². The zero-order valence-electron chi connectivity index (χ0n) is 16.1. The van der Waals surface area contributed by atoms with Gasteiger partial charge in [-0.2, -0.15) is 5.10 Å². The third-order valence-electron chi connectivity index (χ3n) is 4.91. The highest BCUT2D eigenvalue weighted by Gasteiger charge is 2.15. The van der Waals surface area contributed by atoms with Crippen LogP contribution in [0.15, 0.2) is 72.0 Å². The van der Waals surface area contributed by atoms with E-state index in [4.69, 9.17) is 0 Å². The number of aromatic nitrogens is 2. The smallest absolute Gasteiger partial charge is 0.313 e. The standard InChI is InChI=1S/C22H18FN5O2/c1-15-18(13-25-26-22-21(28(29)30)11-6-12-24-22)17-8-3-5-10-20(17)27(15)14-16-7-2-4-9-19(16)23/h2-13H,14H2,1H3,(H,24,26)/b25-13-. The van der Waals surface area contributed by atoms with Crippen molar-refractivity contribution in [3.63, 3.8) is 0 Å². The summed E-state index contributed by atoms with van der Waals surface area (Å²) in [4.78, 5) is 14.6. The molecule has 0 saturated carbocycles. The maximum Gasteiger partial charge on any atom is 0.313 e. The van der Waals surface area contributed by atoms with Crippen molar-refractivity contribution in [1.82, 2.24) is 9.55 Å². The summed E-state index contributed by atoms with van der Waals surface area (Å²) in [5.74, 6) is -0.194. The van der Waals surface area contributed by atoms with Crippen LogP contribution < -0.4 is 5.43 Å². The molecule has 8 heteroatoms. The lowest BCUT2D eigenvalue weighted by molar-refractivity contribution is -0.384. The Morgan fingerprint density at radius 2 is 1.93 bits per heavy atom. The molecule has 1 N–H and O–H groups in total. The molecule has 0 aliphatic carbocycles. The van der Waals surface area contributed by atoms with E-state index in [1.54, 1.807) is 18.3 Å². The molecule has 7 nitrogen and oxygen atoms in total. The summed E-state index contributed by atoms with van der Waals surface area (Å²) in [7, 11) is 0. The number of hydrogen-bond donors (Lipinski definition) is 1. The van der Waals surface area contributed by atoms with E-state index in [0.717, 1.165) is 22.2 Å². The Balaban J connectivity index is 1.70. The van der Waals surface area contributed by atoms with Crippen molar-refractivity contribution < 1.29 is 9.31 Å². The van der Waals surface area contributed by atoms with Crippen molar-refractivity contribution in [3.8, 4) is 0 Å². The normalized spacial score (nSPS) is 11.3. The number of nitrogens with one attached hydrogen (secondary N) is 1. The van der Waals surface area contributed by atoms with E-state index >= 15 is 0 Å². The van der Waals surface area contributed by atoms with E-state index in [1.807, 2.05) is 41.8 Å². The third kappa shape index (κ3) is 3.62. The lowest BCUT2D eigenvalue weighted by atomic mass is 10.1. The summed E-state index contributed by atoms with van der Waals surface area (Å²) in [5.41, 5.74) is 5.77. The van der Waals surface area contributed by atoms with Crippen LogP contribution in [-0.2, 0) is 6.54 Å². The lowest BCUT2D eigenvalue weighted by Crippen LogP contribution is -2.04. The zero-order chi connectivity index (χ0) is 21.1. The van der Waals surface area contributed by atoms with E-state index in [0.29, 0.717) is 12.1 Å². The molecule has 0 aliphatic rings. The summed E-state index contributed by atoms with van der Waals surface area (Å²) in [5, 5.41) is 16.3. The minimum Gasteiger partial charge on any atom is -0.340 e. The maximum atomic E-state index is 14.2. The molecule has 0 unspecified atom stereocenters. The Bertz CT molecular complexity index is 1270. The molecule has 150 valence electrons. The van der Waals surface area contributed by atoms with Gasteiger partial charge in [-0.05, 0) is 25.1 Å². The van der Waals surface area contributed by atoms with Gasteiger partial charge in [0.15, 0.2) is 0 Å². The minimum atomic E-state index is -0.517. The van der Waals surface area contributed by atoms with Crippen molar-refractivity contribution >= 4 is 28.6 Å². The Labute approximate surface area is 171 Å². The predicted molar refractivity (Wildman–Crippen MR) is 114 cm³/mol. The van der Waals surface area contributed by atoms with Gasteiger partial charge in [-0.1, -0.05) is 36.4 Å². The molecule has 4 rings (SSSR count). The van der Waals surface area contributed by atoms with Gasteiger partial charge in [-0.15, -0.1) is 0 Å². The van der Waals surface area contributed by atoms with Crippen LogP contribution in [0.2, 0.25) is 0 Å². The Hall–Kier alpha value is -4.07. The molecular weight excluding hydrogens is 385 g/mol.